The van der Waals surface area contributed by atoms with Crippen LogP contribution in [0.3, 0.4) is 0 Å². The lowest BCUT2D eigenvalue weighted by Gasteiger charge is -2.21. The quantitative estimate of drug-likeness (QED) is 0.923. The van der Waals surface area contributed by atoms with Gasteiger partial charge in [-0.2, -0.15) is 0 Å². The minimum absolute atomic E-state index is 0.585. The van der Waals surface area contributed by atoms with E-state index in [0.29, 0.717) is 5.92 Å². The first-order chi connectivity index (χ1) is 10.3. The van der Waals surface area contributed by atoms with Crippen LogP contribution < -0.4 is 5.32 Å². The third-order valence-electron chi connectivity index (χ3n) is 4.95. The lowest BCUT2D eigenvalue weighted by Crippen LogP contribution is -2.13. The average molecular weight is 282 g/mol. The van der Waals surface area contributed by atoms with E-state index in [1.807, 2.05) is 7.05 Å². The summed E-state index contributed by atoms with van der Waals surface area (Å²) in [6.45, 7) is 0. The van der Waals surface area contributed by atoms with E-state index < -0.39 is 0 Å². The lowest BCUT2D eigenvalue weighted by atomic mass is 9.82. The molecule has 4 rings (SSSR count). The van der Waals surface area contributed by atoms with Crippen molar-refractivity contribution in [3.8, 4) is 0 Å². The smallest absolute Gasteiger partial charge is 0.227 e. The average Bonchev–Trinajstić information content (AvgIpc) is 3.24. The van der Waals surface area contributed by atoms with E-state index in [2.05, 4.69) is 34.7 Å². The van der Waals surface area contributed by atoms with Gasteiger partial charge in [-0.1, -0.05) is 29.4 Å². The summed E-state index contributed by atoms with van der Waals surface area (Å²) in [7, 11) is 1.89. The lowest BCUT2D eigenvalue weighted by molar-refractivity contribution is 0.422. The Morgan fingerprint density at radius 1 is 1.19 bits per heavy atom. The van der Waals surface area contributed by atoms with Gasteiger partial charge in [0, 0.05) is 19.0 Å². The van der Waals surface area contributed by atoms with Crippen LogP contribution in [0, 0.1) is 5.92 Å². The first-order valence-electron chi connectivity index (χ1n) is 8.07. The molecule has 2 aromatic rings. The zero-order valence-corrected chi connectivity index (χ0v) is 12.6. The maximum atomic E-state index is 5.36. The second-order valence-corrected chi connectivity index (χ2v) is 6.52. The SMILES string of the molecule is CNc1onc2c1CCC(c1ccc(CC3CC3)cc1)C2. The Morgan fingerprint density at radius 2 is 2.00 bits per heavy atom. The minimum atomic E-state index is 0.585. The fourth-order valence-electron chi connectivity index (χ4n) is 3.48. The summed E-state index contributed by atoms with van der Waals surface area (Å²) in [4.78, 5) is 0. The van der Waals surface area contributed by atoms with Crippen LogP contribution in [0.4, 0.5) is 5.88 Å². The third kappa shape index (κ3) is 2.57. The van der Waals surface area contributed by atoms with Crippen LogP contribution in [0.5, 0.6) is 0 Å². The van der Waals surface area contributed by atoms with Gasteiger partial charge in [-0.15, -0.1) is 0 Å². The second kappa shape index (κ2) is 5.21. The molecule has 1 unspecified atom stereocenters. The zero-order valence-electron chi connectivity index (χ0n) is 12.6. The van der Waals surface area contributed by atoms with Crippen LogP contribution in [-0.4, -0.2) is 12.2 Å². The van der Waals surface area contributed by atoms with Crippen LogP contribution in [0.25, 0.3) is 0 Å². The minimum Gasteiger partial charge on any atom is -0.357 e. The van der Waals surface area contributed by atoms with Crippen molar-refractivity contribution in [1.29, 1.82) is 0 Å². The van der Waals surface area contributed by atoms with Crippen molar-refractivity contribution in [1.82, 2.24) is 5.16 Å². The number of nitrogens with zero attached hydrogens (tertiary/aromatic N) is 1. The van der Waals surface area contributed by atoms with Crippen molar-refractivity contribution < 1.29 is 4.52 Å². The van der Waals surface area contributed by atoms with Crippen LogP contribution in [0.15, 0.2) is 28.8 Å². The number of benzene rings is 1. The number of fused-ring (bicyclic) bond motifs is 1. The van der Waals surface area contributed by atoms with Gasteiger partial charge in [-0.05, 0) is 55.1 Å². The summed E-state index contributed by atoms with van der Waals surface area (Å²) in [6, 6.07) is 9.30. The van der Waals surface area contributed by atoms with Gasteiger partial charge in [0.25, 0.3) is 0 Å². The van der Waals surface area contributed by atoms with Gasteiger partial charge in [0.15, 0.2) is 0 Å². The van der Waals surface area contributed by atoms with Crippen molar-refractivity contribution in [2.24, 2.45) is 5.92 Å². The number of nitrogens with one attached hydrogen (secondary N) is 1. The van der Waals surface area contributed by atoms with E-state index in [0.717, 1.165) is 30.3 Å². The van der Waals surface area contributed by atoms with Crippen molar-refractivity contribution in [2.45, 2.75) is 44.4 Å². The molecule has 1 N–H and O–H groups in total. The Labute approximate surface area is 125 Å². The van der Waals surface area contributed by atoms with E-state index in [1.165, 1.54) is 42.4 Å². The normalized spacial score (nSPS) is 21.1. The van der Waals surface area contributed by atoms with Crippen LogP contribution in [0.1, 0.15) is 47.6 Å². The third-order valence-corrected chi connectivity index (χ3v) is 4.95. The highest BCUT2D eigenvalue weighted by Gasteiger charge is 2.26. The predicted octanol–water partition coefficient (Wildman–Crippen LogP) is 3.94. The molecule has 1 fully saturated rings. The van der Waals surface area contributed by atoms with Crippen LogP contribution in [0.2, 0.25) is 0 Å². The molecule has 21 heavy (non-hydrogen) atoms. The Hall–Kier alpha value is -1.77. The molecule has 1 aromatic heterocycles. The fourth-order valence-corrected chi connectivity index (χ4v) is 3.48. The molecule has 0 bridgehead atoms. The zero-order chi connectivity index (χ0) is 14.2. The Bertz CT molecular complexity index is 625. The van der Waals surface area contributed by atoms with E-state index in [1.54, 1.807) is 0 Å². The molecule has 0 saturated heterocycles. The summed E-state index contributed by atoms with van der Waals surface area (Å²) in [6.07, 6.45) is 7.36. The number of aromatic nitrogens is 1. The van der Waals surface area contributed by atoms with Crippen molar-refractivity contribution in [3.05, 3.63) is 46.6 Å². The summed E-state index contributed by atoms with van der Waals surface area (Å²) >= 11 is 0. The predicted molar refractivity (Wildman–Crippen MR) is 83.7 cm³/mol. The Kier molecular flexibility index (Phi) is 3.21. The van der Waals surface area contributed by atoms with Crippen LogP contribution >= 0.6 is 0 Å². The molecule has 1 saturated carbocycles. The standard InChI is InChI=1S/C18H22N2O/c1-19-18-16-9-8-15(11-17(16)20-21-18)14-6-4-13(5-7-14)10-12-2-3-12/h4-7,12,15,19H,2-3,8-11H2,1H3. The monoisotopic (exact) mass is 282 g/mol. The molecule has 0 amide bonds. The number of hydrogen-bond donors (Lipinski definition) is 1. The number of rotatable bonds is 4. The van der Waals surface area contributed by atoms with Gasteiger partial charge >= 0.3 is 0 Å². The fraction of sp³-hybridized carbons (Fsp3) is 0.500. The summed E-state index contributed by atoms with van der Waals surface area (Å²) in [5.41, 5.74) is 5.36. The van der Waals surface area contributed by atoms with E-state index in [9.17, 15) is 0 Å². The summed E-state index contributed by atoms with van der Waals surface area (Å²) in [5.74, 6) is 2.40. The molecule has 2 aliphatic rings. The molecule has 0 radical (unpaired) electrons. The molecule has 1 aromatic carbocycles. The van der Waals surface area contributed by atoms with Crippen molar-refractivity contribution in [2.75, 3.05) is 12.4 Å². The topological polar surface area (TPSA) is 38.1 Å². The highest BCUT2D eigenvalue weighted by atomic mass is 16.5. The molecule has 1 atom stereocenters. The molecule has 110 valence electrons. The molecule has 3 nitrogen and oxygen atoms in total. The number of hydrogen-bond acceptors (Lipinski definition) is 3. The van der Waals surface area contributed by atoms with Gasteiger partial charge in [-0.3, -0.25) is 0 Å². The first-order valence-corrected chi connectivity index (χ1v) is 8.07. The first kappa shape index (κ1) is 12.9. The molecule has 2 aliphatic carbocycles. The van der Waals surface area contributed by atoms with Gasteiger partial charge < -0.3 is 9.84 Å². The second-order valence-electron chi connectivity index (χ2n) is 6.52. The Balaban J connectivity index is 1.49. The maximum Gasteiger partial charge on any atom is 0.227 e. The Morgan fingerprint density at radius 3 is 2.71 bits per heavy atom. The van der Waals surface area contributed by atoms with Gasteiger partial charge in [-0.25, -0.2) is 0 Å². The van der Waals surface area contributed by atoms with Gasteiger partial charge in [0.1, 0.15) is 0 Å². The molecular formula is C18H22N2O. The maximum absolute atomic E-state index is 5.36. The highest BCUT2D eigenvalue weighted by molar-refractivity contribution is 5.45. The van der Waals surface area contributed by atoms with Crippen LogP contribution in [-0.2, 0) is 19.3 Å². The molecule has 1 heterocycles. The molecule has 0 spiro atoms. The largest absolute Gasteiger partial charge is 0.357 e. The summed E-state index contributed by atoms with van der Waals surface area (Å²) in [5, 5.41) is 7.32. The van der Waals surface area contributed by atoms with Crippen molar-refractivity contribution >= 4 is 5.88 Å². The summed E-state index contributed by atoms with van der Waals surface area (Å²) < 4.78 is 5.36. The van der Waals surface area contributed by atoms with E-state index in [4.69, 9.17) is 4.52 Å². The molecule has 3 heteroatoms. The van der Waals surface area contributed by atoms with Gasteiger partial charge in [0.2, 0.25) is 5.88 Å². The van der Waals surface area contributed by atoms with Crippen molar-refractivity contribution in [3.63, 3.8) is 0 Å². The molecular weight excluding hydrogens is 260 g/mol. The number of anilines is 1. The van der Waals surface area contributed by atoms with E-state index in [-0.39, 0.29) is 0 Å². The van der Waals surface area contributed by atoms with Gasteiger partial charge in [0.05, 0.1) is 5.69 Å². The highest BCUT2D eigenvalue weighted by Crippen LogP contribution is 2.36. The molecule has 0 aliphatic heterocycles. The van der Waals surface area contributed by atoms with E-state index >= 15 is 0 Å².